The van der Waals surface area contributed by atoms with Crippen LogP contribution in [0.25, 0.3) is 0 Å². The predicted octanol–water partition coefficient (Wildman–Crippen LogP) is 6.05. The van der Waals surface area contributed by atoms with E-state index in [1.165, 1.54) is 18.3 Å². The Morgan fingerprint density at radius 1 is 0.884 bits per heavy atom. The topological polar surface area (TPSA) is 219 Å². The number of carbonyl (C=O) groups is 5. The second kappa shape index (κ2) is 25.7. The molecule has 1 amide bonds. The quantitative estimate of drug-likeness (QED) is 0.181. The highest BCUT2D eigenvalue weighted by Crippen LogP contribution is 2.40. The van der Waals surface area contributed by atoms with Crippen LogP contribution in [0.15, 0.2) is 53.9 Å². The number of allylic oxidation sites excluding steroid dienone is 6. The monoisotopic (exact) mass is 966 g/mol. The Labute approximate surface area is 408 Å². The van der Waals surface area contributed by atoms with Crippen LogP contribution in [0.4, 0.5) is 0 Å². The molecule has 2 N–H and O–H groups in total. The first kappa shape index (κ1) is 55.7. The molecule has 15 atom stereocenters. The first-order valence-electron chi connectivity index (χ1n) is 25.0. The number of Topliss-reactive ketones (excluding diaryl/α,β-unsaturated/α-hetero) is 3. The van der Waals surface area contributed by atoms with Crippen molar-refractivity contribution in [3.05, 3.63) is 53.9 Å². The van der Waals surface area contributed by atoms with Gasteiger partial charge >= 0.3 is 5.97 Å². The third kappa shape index (κ3) is 14.2. The fraction of sp³-hybridized carbons (Fsp3) is 0.731. The van der Waals surface area contributed by atoms with E-state index in [9.17, 15) is 34.2 Å². The van der Waals surface area contributed by atoms with Crippen molar-refractivity contribution in [3.63, 3.8) is 0 Å². The molecule has 0 aromatic carbocycles. The Kier molecular flexibility index (Phi) is 20.8. The molecule has 1 saturated carbocycles. The number of fused-ring (bicyclic) bond motifs is 3. The SMILES string of the molecule is CO[C@H]1CC[C@H](n2ncnn2)[C@@H](C[C@@H](C)[C@@H]2CC(=O)[C@H](C)/C=C(\C)[C@@H](O)[C@@H](OC)C(=O)[C@@H](C)C[C@H](C)/C=C/C=C/C=C(\C)[C@@H](OC)C[C@@H]3CC[C@@H](C)[C@@](O)(O3)C(=O)C(=O)N3CCCCC3C(=O)O2)C1. The summed E-state index contributed by atoms with van der Waals surface area (Å²) in [5.74, 6) is -8.27. The normalized spacial score (nSPS) is 38.8. The van der Waals surface area contributed by atoms with E-state index in [2.05, 4.69) is 15.4 Å². The van der Waals surface area contributed by atoms with Gasteiger partial charge in [0.1, 0.15) is 30.1 Å². The summed E-state index contributed by atoms with van der Waals surface area (Å²) in [4.78, 5) is 74.1. The van der Waals surface area contributed by atoms with Crippen molar-refractivity contribution in [3.8, 4) is 0 Å². The highest BCUT2D eigenvalue weighted by Gasteiger charge is 2.53. The van der Waals surface area contributed by atoms with Crippen LogP contribution in [0.1, 0.15) is 132 Å². The number of ketones is 3. The van der Waals surface area contributed by atoms with Crippen LogP contribution in [-0.4, -0.2) is 141 Å². The molecule has 3 aliphatic heterocycles. The molecule has 5 rings (SSSR count). The molecule has 1 aromatic rings. The summed E-state index contributed by atoms with van der Waals surface area (Å²) < 4.78 is 29.8. The molecule has 3 fully saturated rings. The number of nitrogens with zero attached hydrogens (tertiary/aromatic N) is 5. The zero-order valence-electron chi connectivity index (χ0n) is 42.5. The number of aliphatic hydroxyl groups is 2. The number of carbonyl (C=O) groups excluding carboxylic acids is 5. The minimum atomic E-state index is -2.44. The number of piperidine rings is 1. The summed E-state index contributed by atoms with van der Waals surface area (Å²) in [7, 11) is 4.64. The lowest BCUT2D eigenvalue weighted by Gasteiger charge is -2.42. The third-order valence-corrected chi connectivity index (χ3v) is 15.2. The molecule has 4 heterocycles. The zero-order valence-corrected chi connectivity index (χ0v) is 42.5. The van der Waals surface area contributed by atoms with Crippen molar-refractivity contribution in [2.75, 3.05) is 27.9 Å². The van der Waals surface area contributed by atoms with E-state index in [1.807, 2.05) is 58.1 Å². The first-order chi connectivity index (χ1) is 32.8. The third-order valence-electron chi connectivity index (χ3n) is 15.2. The van der Waals surface area contributed by atoms with Gasteiger partial charge in [-0.2, -0.15) is 4.80 Å². The standard InChI is InChI=1S/C52H79N5O12/c1-31-16-12-11-13-17-32(2)44(66-9)28-40-20-19-37(7)52(64,69-40)49(61)50(62)56-23-15-14-18-42(56)51(63)68-45(34(4)26-38-27-39(65-8)21-22-41(38)57-54-30-53-55-57)29-43(58)33(3)25-36(6)47(60)48(67-10)46(59)35(5)24-31/h11-13,16-17,25,30-31,33-35,37-42,44-45,47-48,60,64H,14-15,18-24,26-29H2,1-10H3/b13-11+,16-12+,32-17+,36-25+/t31-,33-,34-,35+,37-,38+,39+,40+,41+,42?,44+,45+,47-,48+,52-/m1/s1. The van der Waals surface area contributed by atoms with Gasteiger partial charge in [0.25, 0.3) is 11.7 Å². The van der Waals surface area contributed by atoms with Crippen molar-refractivity contribution in [1.29, 1.82) is 0 Å². The van der Waals surface area contributed by atoms with Gasteiger partial charge in [-0.3, -0.25) is 19.2 Å². The molecular weight excluding hydrogens is 887 g/mol. The molecule has 69 heavy (non-hydrogen) atoms. The summed E-state index contributed by atoms with van der Waals surface area (Å²) >= 11 is 0. The number of cyclic esters (lactones) is 1. The number of aromatic nitrogens is 4. The van der Waals surface area contributed by atoms with Crippen LogP contribution in [0.3, 0.4) is 0 Å². The molecule has 17 nitrogen and oxygen atoms in total. The van der Waals surface area contributed by atoms with Crippen LogP contribution in [0, 0.1) is 35.5 Å². The minimum Gasteiger partial charge on any atom is -0.460 e. The lowest BCUT2D eigenvalue weighted by Crippen LogP contribution is -2.61. The Bertz CT molecular complexity index is 2020. The molecule has 1 unspecified atom stereocenters. The van der Waals surface area contributed by atoms with Crippen LogP contribution in [0.2, 0.25) is 0 Å². The maximum Gasteiger partial charge on any atom is 0.329 e. The van der Waals surface area contributed by atoms with E-state index in [0.29, 0.717) is 56.9 Å². The van der Waals surface area contributed by atoms with Gasteiger partial charge in [-0.15, -0.1) is 10.2 Å². The average Bonchev–Trinajstić information content (AvgIpc) is 3.88. The molecule has 17 heteroatoms. The van der Waals surface area contributed by atoms with E-state index >= 15 is 0 Å². The lowest BCUT2D eigenvalue weighted by molar-refractivity contribution is -0.265. The fourth-order valence-electron chi connectivity index (χ4n) is 10.7. The molecule has 4 aliphatic rings. The van der Waals surface area contributed by atoms with Gasteiger partial charge in [0.05, 0.1) is 24.4 Å². The van der Waals surface area contributed by atoms with Gasteiger partial charge in [-0.1, -0.05) is 71.1 Å². The van der Waals surface area contributed by atoms with Gasteiger partial charge < -0.3 is 38.8 Å². The van der Waals surface area contributed by atoms with Crippen molar-refractivity contribution in [1.82, 2.24) is 25.1 Å². The maximum absolute atomic E-state index is 14.6. The number of methoxy groups -OCH3 is 3. The summed E-state index contributed by atoms with van der Waals surface area (Å²) in [6, 6.07) is -1.28. The largest absolute Gasteiger partial charge is 0.460 e. The van der Waals surface area contributed by atoms with Gasteiger partial charge in [0.2, 0.25) is 5.79 Å². The van der Waals surface area contributed by atoms with Gasteiger partial charge in [0.15, 0.2) is 12.1 Å². The fourth-order valence-corrected chi connectivity index (χ4v) is 10.7. The number of rotatable bonds is 7. The van der Waals surface area contributed by atoms with Gasteiger partial charge in [-0.25, -0.2) is 4.79 Å². The highest BCUT2D eigenvalue weighted by molar-refractivity contribution is 6.39. The minimum absolute atomic E-state index is 0.0133. The van der Waals surface area contributed by atoms with Crippen molar-refractivity contribution in [2.45, 2.75) is 180 Å². The second-order valence-electron chi connectivity index (χ2n) is 20.3. The van der Waals surface area contributed by atoms with Crippen molar-refractivity contribution >= 4 is 29.2 Å². The van der Waals surface area contributed by atoms with Crippen LogP contribution in [0.5, 0.6) is 0 Å². The van der Waals surface area contributed by atoms with E-state index in [-0.39, 0.29) is 54.9 Å². The van der Waals surface area contributed by atoms with E-state index < -0.39 is 83.7 Å². The first-order valence-corrected chi connectivity index (χ1v) is 25.0. The molecule has 2 bridgehead atoms. The molecule has 1 aromatic heterocycles. The predicted molar refractivity (Wildman–Crippen MR) is 256 cm³/mol. The Morgan fingerprint density at radius 2 is 1.64 bits per heavy atom. The molecule has 1 aliphatic carbocycles. The summed E-state index contributed by atoms with van der Waals surface area (Å²) in [5.41, 5.74) is 1.26. The Balaban J connectivity index is 1.50. The number of ether oxygens (including phenoxy) is 5. The number of tetrazole rings is 1. The summed E-state index contributed by atoms with van der Waals surface area (Å²) in [6.07, 6.45) is 13.6. The Morgan fingerprint density at radius 3 is 2.32 bits per heavy atom. The second-order valence-corrected chi connectivity index (χ2v) is 20.3. The molecule has 0 spiro atoms. The van der Waals surface area contributed by atoms with Crippen LogP contribution < -0.4 is 0 Å². The number of aliphatic hydroxyl groups excluding tert-OH is 1. The van der Waals surface area contributed by atoms with Crippen LogP contribution >= 0.6 is 0 Å². The molecule has 0 radical (unpaired) electrons. The number of hydrogen-bond donors (Lipinski definition) is 2. The smallest absolute Gasteiger partial charge is 0.329 e. The van der Waals surface area contributed by atoms with Gasteiger partial charge in [-0.05, 0) is 112 Å². The zero-order chi connectivity index (χ0) is 50.6. The van der Waals surface area contributed by atoms with Crippen LogP contribution in [-0.2, 0) is 47.7 Å². The summed E-state index contributed by atoms with van der Waals surface area (Å²) in [5, 5.41) is 36.0. The summed E-state index contributed by atoms with van der Waals surface area (Å²) in [6.45, 7) is 12.8. The molecular formula is C52H79N5O12. The van der Waals surface area contributed by atoms with E-state index in [1.54, 1.807) is 45.9 Å². The van der Waals surface area contributed by atoms with Gasteiger partial charge in [0, 0.05) is 58.5 Å². The number of hydrogen-bond acceptors (Lipinski definition) is 15. The molecule has 384 valence electrons. The Hall–Kier alpha value is -4.26. The maximum atomic E-state index is 14.6. The van der Waals surface area contributed by atoms with Crippen molar-refractivity contribution in [2.24, 2.45) is 35.5 Å². The molecule has 2 saturated heterocycles. The number of esters is 1. The highest BCUT2D eigenvalue weighted by atomic mass is 16.6. The van der Waals surface area contributed by atoms with E-state index in [4.69, 9.17) is 23.7 Å². The number of amides is 1. The average molecular weight is 966 g/mol. The van der Waals surface area contributed by atoms with Crippen molar-refractivity contribution < 1.29 is 57.9 Å². The van der Waals surface area contributed by atoms with E-state index in [0.717, 1.165) is 18.4 Å². The lowest BCUT2D eigenvalue weighted by atomic mass is 9.76.